The fourth-order valence-corrected chi connectivity index (χ4v) is 2.49. The molecule has 0 aliphatic carbocycles. The van der Waals surface area contributed by atoms with E-state index < -0.39 is 0 Å². The highest BCUT2D eigenvalue weighted by Crippen LogP contribution is 2.29. The highest BCUT2D eigenvalue weighted by Gasteiger charge is 2.28. The maximum atomic E-state index is 11.9. The fraction of sp³-hybridized carbons (Fsp3) is 0.929. The van der Waals surface area contributed by atoms with Crippen LogP contribution in [-0.4, -0.2) is 62.0 Å². The minimum Gasteiger partial charge on any atom is -0.342 e. The molecule has 1 aliphatic heterocycles. The van der Waals surface area contributed by atoms with Gasteiger partial charge in [0.05, 0.1) is 6.54 Å². The Balaban J connectivity index is 2.26. The molecule has 0 radical (unpaired) electrons. The van der Waals surface area contributed by atoms with Gasteiger partial charge < -0.3 is 15.1 Å². The second-order valence-corrected chi connectivity index (χ2v) is 5.78. The van der Waals surface area contributed by atoms with Gasteiger partial charge in [-0.15, -0.1) is 0 Å². The smallest absolute Gasteiger partial charge is 0.236 e. The van der Waals surface area contributed by atoms with Gasteiger partial charge >= 0.3 is 0 Å². The zero-order valence-corrected chi connectivity index (χ0v) is 12.5. The molecule has 4 nitrogen and oxygen atoms in total. The Morgan fingerprint density at radius 3 is 2.33 bits per heavy atom. The van der Waals surface area contributed by atoms with E-state index in [2.05, 4.69) is 24.2 Å². The normalized spacial score (nSPS) is 19.8. The molecule has 0 bridgehead atoms. The predicted molar refractivity (Wildman–Crippen MR) is 75.6 cm³/mol. The van der Waals surface area contributed by atoms with Gasteiger partial charge in [-0.3, -0.25) is 4.79 Å². The summed E-state index contributed by atoms with van der Waals surface area (Å²) in [6.07, 6.45) is 2.44. The summed E-state index contributed by atoms with van der Waals surface area (Å²) in [5, 5.41) is 3.35. The Kier molecular flexibility index (Phi) is 6.09. The third-order valence-corrected chi connectivity index (χ3v) is 4.14. The lowest BCUT2D eigenvalue weighted by atomic mass is 9.80. The molecule has 0 aromatic heterocycles. The van der Waals surface area contributed by atoms with Crippen LogP contribution in [0.5, 0.6) is 0 Å². The molecule has 0 spiro atoms. The number of nitrogens with zero attached hydrogens (tertiary/aromatic N) is 2. The average Bonchev–Trinajstić information content (AvgIpc) is 2.35. The first-order chi connectivity index (χ1) is 8.50. The Morgan fingerprint density at radius 2 is 1.83 bits per heavy atom. The van der Waals surface area contributed by atoms with Crippen LogP contribution < -0.4 is 5.32 Å². The number of amides is 1. The van der Waals surface area contributed by atoms with Crippen molar-refractivity contribution in [2.75, 3.05) is 46.3 Å². The standard InChI is InChI=1S/C14H29N3O/c1-5-17(6-2)13(18)11-15-12-14(3)7-9-16(4)10-8-14/h15H,5-12H2,1-4H3. The van der Waals surface area contributed by atoms with Crippen molar-refractivity contribution < 1.29 is 4.79 Å². The van der Waals surface area contributed by atoms with Gasteiger partial charge in [-0.05, 0) is 52.2 Å². The summed E-state index contributed by atoms with van der Waals surface area (Å²) in [5.41, 5.74) is 0.357. The van der Waals surface area contributed by atoms with Crippen molar-refractivity contribution in [1.29, 1.82) is 0 Å². The molecule has 0 saturated carbocycles. The van der Waals surface area contributed by atoms with Gasteiger partial charge in [0.15, 0.2) is 0 Å². The van der Waals surface area contributed by atoms with E-state index in [0.717, 1.165) is 19.6 Å². The summed E-state index contributed by atoms with van der Waals surface area (Å²) in [6, 6.07) is 0. The van der Waals surface area contributed by atoms with E-state index in [4.69, 9.17) is 0 Å². The molecular formula is C14H29N3O. The van der Waals surface area contributed by atoms with E-state index >= 15 is 0 Å². The fourth-order valence-electron chi connectivity index (χ4n) is 2.49. The van der Waals surface area contributed by atoms with Crippen LogP contribution in [0.3, 0.4) is 0 Å². The molecular weight excluding hydrogens is 226 g/mol. The number of hydrogen-bond acceptors (Lipinski definition) is 3. The van der Waals surface area contributed by atoms with Gasteiger partial charge in [0, 0.05) is 19.6 Å². The van der Waals surface area contributed by atoms with Crippen LogP contribution in [0, 0.1) is 5.41 Å². The van der Waals surface area contributed by atoms with Crippen molar-refractivity contribution in [3.05, 3.63) is 0 Å². The Hall–Kier alpha value is -0.610. The van der Waals surface area contributed by atoms with Crippen molar-refractivity contribution in [2.45, 2.75) is 33.6 Å². The number of carbonyl (C=O) groups excluding carboxylic acids is 1. The van der Waals surface area contributed by atoms with Gasteiger partial charge in [0.25, 0.3) is 0 Å². The van der Waals surface area contributed by atoms with Gasteiger partial charge in [0.2, 0.25) is 5.91 Å². The van der Waals surface area contributed by atoms with Crippen molar-refractivity contribution in [3.63, 3.8) is 0 Å². The number of carbonyl (C=O) groups is 1. The lowest BCUT2D eigenvalue weighted by Gasteiger charge is -2.38. The molecule has 18 heavy (non-hydrogen) atoms. The first kappa shape index (κ1) is 15.4. The van der Waals surface area contributed by atoms with Gasteiger partial charge in [-0.2, -0.15) is 0 Å². The van der Waals surface area contributed by atoms with Crippen LogP contribution in [0.25, 0.3) is 0 Å². The van der Waals surface area contributed by atoms with Crippen LogP contribution >= 0.6 is 0 Å². The molecule has 1 fully saturated rings. The summed E-state index contributed by atoms with van der Waals surface area (Å²) in [5.74, 6) is 0.219. The highest BCUT2D eigenvalue weighted by molar-refractivity contribution is 5.78. The first-order valence-electron chi connectivity index (χ1n) is 7.18. The van der Waals surface area contributed by atoms with Crippen molar-refractivity contribution in [3.8, 4) is 0 Å². The lowest BCUT2D eigenvalue weighted by Crippen LogP contribution is -2.45. The summed E-state index contributed by atoms with van der Waals surface area (Å²) in [4.78, 5) is 16.1. The number of likely N-dealkylation sites (tertiary alicyclic amines) is 1. The molecule has 0 aromatic carbocycles. The molecule has 1 rings (SSSR count). The maximum absolute atomic E-state index is 11.9. The summed E-state index contributed by atoms with van der Waals surface area (Å²) >= 11 is 0. The Labute approximate surface area is 112 Å². The number of nitrogens with one attached hydrogen (secondary N) is 1. The van der Waals surface area contributed by atoms with E-state index in [1.807, 2.05) is 18.7 Å². The molecule has 4 heteroatoms. The van der Waals surface area contributed by atoms with E-state index in [-0.39, 0.29) is 5.91 Å². The predicted octanol–water partition coefficient (Wildman–Crippen LogP) is 1.18. The highest BCUT2D eigenvalue weighted by atomic mass is 16.2. The van der Waals surface area contributed by atoms with Crippen molar-refractivity contribution in [1.82, 2.24) is 15.1 Å². The van der Waals surface area contributed by atoms with E-state index in [9.17, 15) is 4.79 Å². The zero-order valence-electron chi connectivity index (χ0n) is 12.5. The summed E-state index contributed by atoms with van der Waals surface area (Å²) < 4.78 is 0. The number of piperidine rings is 1. The molecule has 1 heterocycles. The second-order valence-electron chi connectivity index (χ2n) is 5.78. The number of hydrogen-bond donors (Lipinski definition) is 1. The van der Waals surface area contributed by atoms with Gasteiger partial charge in [-0.25, -0.2) is 0 Å². The largest absolute Gasteiger partial charge is 0.342 e. The van der Waals surface area contributed by atoms with E-state index in [0.29, 0.717) is 12.0 Å². The topological polar surface area (TPSA) is 35.6 Å². The second kappa shape index (κ2) is 7.10. The van der Waals surface area contributed by atoms with E-state index in [1.54, 1.807) is 0 Å². The zero-order chi connectivity index (χ0) is 13.6. The third-order valence-electron chi connectivity index (χ3n) is 4.14. The Morgan fingerprint density at radius 1 is 1.28 bits per heavy atom. The average molecular weight is 255 g/mol. The third kappa shape index (κ3) is 4.58. The molecule has 0 unspecified atom stereocenters. The van der Waals surface area contributed by atoms with Crippen LogP contribution in [-0.2, 0) is 4.79 Å². The van der Waals surface area contributed by atoms with Crippen LogP contribution in [0.4, 0.5) is 0 Å². The first-order valence-corrected chi connectivity index (χ1v) is 7.18. The quantitative estimate of drug-likeness (QED) is 0.774. The molecule has 1 aliphatic rings. The lowest BCUT2D eigenvalue weighted by molar-refractivity contribution is -0.129. The monoisotopic (exact) mass is 255 g/mol. The molecule has 1 N–H and O–H groups in total. The molecule has 106 valence electrons. The summed E-state index contributed by atoms with van der Waals surface area (Å²) in [7, 11) is 2.18. The number of rotatable bonds is 6. The van der Waals surface area contributed by atoms with Crippen LogP contribution in [0.1, 0.15) is 33.6 Å². The van der Waals surface area contributed by atoms with Crippen LogP contribution in [0.15, 0.2) is 0 Å². The van der Waals surface area contributed by atoms with Gasteiger partial charge in [0.1, 0.15) is 0 Å². The van der Waals surface area contributed by atoms with Crippen LogP contribution in [0.2, 0.25) is 0 Å². The Bertz CT molecular complexity index is 256. The summed E-state index contributed by atoms with van der Waals surface area (Å²) in [6.45, 7) is 11.8. The molecule has 0 aromatic rings. The van der Waals surface area contributed by atoms with E-state index in [1.165, 1.54) is 25.9 Å². The molecule has 0 atom stereocenters. The number of likely N-dealkylation sites (N-methyl/N-ethyl adjacent to an activating group) is 1. The van der Waals surface area contributed by atoms with Crippen molar-refractivity contribution >= 4 is 5.91 Å². The SMILES string of the molecule is CCN(CC)C(=O)CNCC1(C)CCN(C)CC1. The maximum Gasteiger partial charge on any atom is 0.236 e. The van der Waals surface area contributed by atoms with Gasteiger partial charge in [-0.1, -0.05) is 6.92 Å². The minimum atomic E-state index is 0.219. The molecule has 1 saturated heterocycles. The minimum absolute atomic E-state index is 0.219. The van der Waals surface area contributed by atoms with Crippen molar-refractivity contribution in [2.24, 2.45) is 5.41 Å². The molecule has 1 amide bonds.